The van der Waals surface area contributed by atoms with Gasteiger partial charge in [-0.25, -0.2) is 0 Å². The molecule has 2 heterocycles. The number of hydrogen-bond acceptors (Lipinski definition) is 3. The molecule has 2 rings (SSSR count). The van der Waals surface area contributed by atoms with Crippen molar-refractivity contribution in [1.82, 2.24) is 14.7 Å². The molecule has 1 aromatic heterocycles. The number of nitrogens with zero attached hydrogens (tertiary/aromatic N) is 3. The summed E-state index contributed by atoms with van der Waals surface area (Å²) >= 11 is 0. The molecule has 1 aliphatic rings. The monoisotopic (exact) mass is 250 g/mol. The summed E-state index contributed by atoms with van der Waals surface area (Å²) in [6, 6.07) is 2.99. The van der Waals surface area contributed by atoms with Gasteiger partial charge in [0.2, 0.25) is 0 Å². The topological polar surface area (TPSA) is 47.1 Å². The summed E-state index contributed by atoms with van der Waals surface area (Å²) in [6.45, 7) is 9.44. The van der Waals surface area contributed by atoms with Gasteiger partial charge in [-0.3, -0.25) is 9.58 Å². The molecule has 0 amide bonds. The second-order valence-corrected chi connectivity index (χ2v) is 5.49. The Morgan fingerprint density at radius 2 is 2.28 bits per heavy atom. The zero-order chi connectivity index (χ0) is 13.1. The Bertz CT molecular complexity index is 383. The first-order valence-electron chi connectivity index (χ1n) is 7.14. The lowest BCUT2D eigenvalue weighted by atomic mass is 9.97. The van der Waals surface area contributed by atoms with Crippen LogP contribution in [0.4, 0.5) is 0 Å². The number of rotatable bonds is 4. The van der Waals surface area contributed by atoms with Crippen LogP contribution in [-0.4, -0.2) is 33.3 Å². The minimum absolute atomic E-state index is 0.254. The summed E-state index contributed by atoms with van der Waals surface area (Å²) in [4.78, 5) is 2.54. The fraction of sp³-hybridized carbons (Fsp3) is 0.786. The van der Waals surface area contributed by atoms with Crippen LogP contribution in [0.15, 0.2) is 6.07 Å². The van der Waals surface area contributed by atoms with Crippen molar-refractivity contribution in [2.75, 3.05) is 6.54 Å². The van der Waals surface area contributed by atoms with E-state index in [4.69, 9.17) is 5.73 Å². The average Bonchev–Trinajstić information content (AvgIpc) is 2.70. The Kier molecular flexibility index (Phi) is 4.40. The van der Waals surface area contributed by atoms with Crippen molar-refractivity contribution >= 4 is 0 Å². The van der Waals surface area contributed by atoms with E-state index < -0.39 is 0 Å². The standard InChI is InChI=1S/C14H26N4/c1-4-18-13(9-11(2)16-18)10-17-8-6-5-7-14(17)12(3)15/h9,12,14H,4-8,10,15H2,1-3H3. The average molecular weight is 250 g/mol. The first-order chi connectivity index (χ1) is 8.61. The maximum absolute atomic E-state index is 6.12. The van der Waals surface area contributed by atoms with Crippen molar-refractivity contribution < 1.29 is 0 Å². The summed E-state index contributed by atoms with van der Waals surface area (Å²) in [6.07, 6.45) is 3.84. The summed E-state index contributed by atoms with van der Waals surface area (Å²) < 4.78 is 2.11. The van der Waals surface area contributed by atoms with Crippen LogP contribution in [0.25, 0.3) is 0 Å². The van der Waals surface area contributed by atoms with Crippen LogP contribution in [0.2, 0.25) is 0 Å². The number of hydrogen-bond donors (Lipinski definition) is 1. The summed E-state index contributed by atoms with van der Waals surface area (Å²) in [5, 5.41) is 4.52. The molecule has 2 atom stereocenters. The van der Waals surface area contributed by atoms with Gasteiger partial charge in [-0.1, -0.05) is 6.42 Å². The molecule has 1 saturated heterocycles. The minimum atomic E-state index is 0.254. The molecule has 4 heteroatoms. The number of nitrogens with two attached hydrogens (primary N) is 1. The maximum atomic E-state index is 6.12. The van der Waals surface area contributed by atoms with Crippen LogP contribution in [0.5, 0.6) is 0 Å². The van der Waals surface area contributed by atoms with E-state index in [1.165, 1.54) is 31.5 Å². The molecule has 2 N–H and O–H groups in total. The van der Waals surface area contributed by atoms with Crippen molar-refractivity contribution in [2.24, 2.45) is 5.73 Å². The van der Waals surface area contributed by atoms with Gasteiger partial charge in [0.05, 0.1) is 11.4 Å². The number of aryl methyl sites for hydroxylation is 2. The van der Waals surface area contributed by atoms with Crippen LogP contribution in [0.3, 0.4) is 0 Å². The first kappa shape index (κ1) is 13.6. The van der Waals surface area contributed by atoms with Crippen molar-refractivity contribution in [3.05, 3.63) is 17.5 Å². The maximum Gasteiger partial charge on any atom is 0.0597 e. The summed E-state index contributed by atoms with van der Waals surface area (Å²) in [5.41, 5.74) is 8.56. The van der Waals surface area contributed by atoms with Gasteiger partial charge < -0.3 is 5.73 Å². The van der Waals surface area contributed by atoms with Crippen molar-refractivity contribution in [1.29, 1.82) is 0 Å². The van der Waals surface area contributed by atoms with Crippen LogP contribution >= 0.6 is 0 Å². The molecule has 1 aromatic rings. The SMILES string of the molecule is CCn1nc(C)cc1CN1CCCCC1C(C)N. The zero-order valence-corrected chi connectivity index (χ0v) is 11.9. The molecule has 0 aliphatic carbocycles. The van der Waals surface area contributed by atoms with E-state index >= 15 is 0 Å². The molecular formula is C14H26N4. The number of aromatic nitrogens is 2. The molecule has 1 aliphatic heterocycles. The van der Waals surface area contributed by atoms with Crippen molar-refractivity contribution in [2.45, 2.75) is 65.2 Å². The van der Waals surface area contributed by atoms with Crippen molar-refractivity contribution in [3.8, 4) is 0 Å². The molecule has 2 unspecified atom stereocenters. The molecular weight excluding hydrogens is 224 g/mol. The normalized spacial score (nSPS) is 23.2. The zero-order valence-electron chi connectivity index (χ0n) is 11.9. The van der Waals surface area contributed by atoms with Gasteiger partial charge in [0, 0.05) is 25.2 Å². The Labute approximate surface area is 110 Å². The molecule has 0 aromatic carbocycles. The fourth-order valence-electron chi connectivity index (χ4n) is 3.02. The highest BCUT2D eigenvalue weighted by molar-refractivity contribution is 5.09. The lowest BCUT2D eigenvalue weighted by molar-refractivity contribution is 0.119. The third-order valence-corrected chi connectivity index (χ3v) is 3.92. The van der Waals surface area contributed by atoms with E-state index in [0.29, 0.717) is 6.04 Å². The second kappa shape index (κ2) is 5.85. The van der Waals surface area contributed by atoms with E-state index in [-0.39, 0.29) is 6.04 Å². The Morgan fingerprint density at radius 3 is 2.94 bits per heavy atom. The van der Waals surface area contributed by atoms with E-state index in [9.17, 15) is 0 Å². The van der Waals surface area contributed by atoms with Gasteiger partial charge in [0.1, 0.15) is 0 Å². The molecule has 0 saturated carbocycles. The van der Waals surface area contributed by atoms with Gasteiger partial charge >= 0.3 is 0 Å². The molecule has 18 heavy (non-hydrogen) atoms. The molecule has 0 bridgehead atoms. The predicted molar refractivity (Wildman–Crippen MR) is 74.3 cm³/mol. The highest BCUT2D eigenvalue weighted by Gasteiger charge is 2.26. The highest BCUT2D eigenvalue weighted by atomic mass is 15.3. The van der Waals surface area contributed by atoms with Crippen LogP contribution in [-0.2, 0) is 13.1 Å². The van der Waals surface area contributed by atoms with Crippen LogP contribution in [0.1, 0.15) is 44.5 Å². The Hall–Kier alpha value is -0.870. The highest BCUT2D eigenvalue weighted by Crippen LogP contribution is 2.21. The van der Waals surface area contributed by atoms with Gasteiger partial charge in [-0.2, -0.15) is 5.10 Å². The second-order valence-electron chi connectivity index (χ2n) is 5.49. The third kappa shape index (κ3) is 2.93. The van der Waals surface area contributed by atoms with Gasteiger partial charge in [0.25, 0.3) is 0 Å². The molecule has 0 radical (unpaired) electrons. The largest absolute Gasteiger partial charge is 0.327 e. The fourth-order valence-corrected chi connectivity index (χ4v) is 3.02. The van der Waals surface area contributed by atoms with Gasteiger partial charge in [0.15, 0.2) is 0 Å². The summed E-state index contributed by atoms with van der Waals surface area (Å²) in [7, 11) is 0. The Morgan fingerprint density at radius 1 is 1.50 bits per heavy atom. The number of piperidine rings is 1. The summed E-state index contributed by atoms with van der Waals surface area (Å²) in [5.74, 6) is 0. The van der Waals surface area contributed by atoms with Crippen LogP contribution in [0, 0.1) is 6.92 Å². The third-order valence-electron chi connectivity index (χ3n) is 3.92. The van der Waals surface area contributed by atoms with Gasteiger partial charge in [-0.15, -0.1) is 0 Å². The smallest absolute Gasteiger partial charge is 0.0597 e. The predicted octanol–water partition coefficient (Wildman–Crippen LogP) is 1.91. The molecule has 4 nitrogen and oxygen atoms in total. The number of likely N-dealkylation sites (tertiary alicyclic amines) is 1. The minimum Gasteiger partial charge on any atom is -0.327 e. The first-order valence-corrected chi connectivity index (χ1v) is 7.14. The molecule has 0 spiro atoms. The van der Waals surface area contributed by atoms with Crippen molar-refractivity contribution in [3.63, 3.8) is 0 Å². The van der Waals surface area contributed by atoms with E-state index in [1.807, 2.05) is 0 Å². The Balaban J connectivity index is 2.10. The van der Waals surface area contributed by atoms with Gasteiger partial charge in [-0.05, 0) is 46.2 Å². The molecule has 1 fully saturated rings. The van der Waals surface area contributed by atoms with E-state index in [2.05, 4.69) is 41.5 Å². The van der Waals surface area contributed by atoms with E-state index in [1.54, 1.807) is 0 Å². The molecule has 102 valence electrons. The quantitative estimate of drug-likeness (QED) is 0.888. The van der Waals surface area contributed by atoms with E-state index in [0.717, 1.165) is 18.8 Å². The lowest BCUT2D eigenvalue weighted by Gasteiger charge is -2.38. The van der Waals surface area contributed by atoms with Crippen LogP contribution < -0.4 is 5.73 Å². The lowest BCUT2D eigenvalue weighted by Crippen LogP contribution is -2.48.